The van der Waals surface area contributed by atoms with Gasteiger partial charge in [-0.15, -0.1) is 0 Å². The number of aromatic amines is 1. The molecule has 0 bridgehead atoms. The van der Waals surface area contributed by atoms with Crippen LogP contribution in [0.1, 0.15) is 30.0 Å². The lowest BCUT2D eigenvalue weighted by atomic mass is 10.2. The summed E-state index contributed by atoms with van der Waals surface area (Å²) < 4.78 is 1.70. The van der Waals surface area contributed by atoms with E-state index in [1.807, 2.05) is 36.5 Å². The van der Waals surface area contributed by atoms with Gasteiger partial charge in [0.05, 0.1) is 18.3 Å². The smallest absolute Gasteiger partial charge is 0.230 e. The number of carbonyl (C=O) groups is 1. The van der Waals surface area contributed by atoms with Gasteiger partial charge in [0.15, 0.2) is 5.82 Å². The number of carbonyl (C=O) groups excluding carboxylic acids is 1. The highest BCUT2D eigenvalue weighted by Gasteiger charge is 2.25. The van der Waals surface area contributed by atoms with Crippen LogP contribution in [0.4, 0.5) is 5.82 Å². The molecular weight excluding hydrogens is 326 g/mol. The zero-order valence-corrected chi connectivity index (χ0v) is 13.6. The Morgan fingerprint density at radius 2 is 2.25 bits per heavy atom. The first-order valence-corrected chi connectivity index (χ1v) is 8.20. The van der Waals surface area contributed by atoms with Crippen LogP contribution in [0.5, 0.6) is 0 Å². The van der Waals surface area contributed by atoms with Crippen LogP contribution in [0.2, 0.25) is 5.02 Å². The van der Waals surface area contributed by atoms with Gasteiger partial charge >= 0.3 is 0 Å². The molecule has 1 aromatic carbocycles. The zero-order chi connectivity index (χ0) is 16.5. The van der Waals surface area contributed by atoms with Gasteiger partial charge in [-0.1, -0.05) is 17.7 Å². The molecule has 4 rings (SSSR count). The summed E-state index contributed by atoms with van der Waals surface area (Å²) >= 11 is 5.99. The van der Waals surface area contributed by atoms with E-state index in [1.54, 1.807) is 10.9 Å². The SMILES string of the molecule is O=C(Cc1cnn(-c2cccc(Cl)c2)c1)Nc1cc(C2CC2)[nH]n1. The molecule has 1 aliphatic rings. The van der Waals surface area contributed by atoms with Crippen molar-refractivity contribution in [2.75, 3.05) is 5.32 Å². The molecule has 6 nitrogen and oxygen atoms in total. The van der Waals surface area contributed by atoms with Crippen molar-refractivity contribution in [3.05, 3.63) is 59.0 Å². The number of rotatable bonds is 5. The number of benzene rings is 1. The molecule has 3 aromatic rings. The third-order valence-corrected chi connectivity index (χ3v) is 4.19. The van der Waals surface area contributed by atoms with Gasteiger partial charge in [0.2, 0.25) is 5.91 Å². The van der Waals surface area contributed by atoms with Crippen molar-refractivity contribution in [2.45, 2.75) is 25.2 Å². The van der Waals surface area contributed by atoms with Crippen LogP contribution in [0.25, 0.3) is 5.69 Å². The molecule has 0 unspecified atom stereocenters. The predicted octanol–water partition coefficient (Wildman–Crippen LogP) is 3.31. The fraction of sp³-hybridized carbons (Fsp3) is 0.235. The lowest BCUT2D eigenvalue weighted by molar-refractivity contribution is -0.115. The summed E-state index contributed by atoms with van der Waals surface area (Å²) in [7, 11) is 0. The topological polar surface area (TPSA) is 75.6 Å². The standard InChI is InChI=1S/C17H16ClN5O/c18-13-2-1-3-14(7-13)23-10-11(9-19-23)6-17(24)20-16-8-15(21-22-16)12-4-5-12/h1-3,7-10,12H,4-6H2,(H2,20,21,22,24). The monoisotopic (exact) mass is 341 g/mol. The molecule has 0 radical (unpaired) electrons. The van der Waals surface area contributed by atoms with Crippen molar-refractivity contribution in [2.24, 2.45) is 0 Å². The van der Waals surface area contributed by atoms with E-state index in [0.29, 0.717) is 16.8 Å². The van der Waals surface area contributed by atoms with Gasteiger partial charge in [-0.25, -0.2) is 4.68 Å². The summed E-state index contributed by atoms with van der Waals surface area (Å²) in [6, 6.07) is 9.31. The Hall–Kier alpha value is -2.60. The summed E-state index contributed by atoms with van der Waals surface area (Å²) in [5, 5.41) is 14.8. The van der Waals surface area contributed by atoms with Crippen molar-refractivity contribution < 1.29 is 4.79 Å². The Morgan fingerprint density at radius 3 is 3.04 bits per heavy atom. The van der Waals surface area contributed by atoms with Gasteiger partial charge in [0.25, 0.3) is 0 Å². The number of H-pyrrole nitrogens is 1. The van der Waals surface area contributed by atoms with E-state index in [9.17, 15) is 4.79 Å². The molecule has 24 heavy (non-hydrogen) atoms. The van der Waals surface area contributed by atoms with E-state index in [2.05, 4.69) is 20.6 Å². The molecule has 1 saturated carbocycles. The Morgan fingerprint density at radius 1 is 1.38 bits per heavy atom. The van der Waals surface area contributed by atoms with Gasteiger partial charge in [0, 0.05) is 28.9 Å². The average Bonchev–Trinajstić information content (AvgIpc) is 3.13. The van der Waals surface area contributed by atoms with E-state index in [-0.39, 0.29) is 12.3 Å². The van der Waals surface area contributed by atoms with E-state index in [4.69, 9.17) is 11.6 Å². The number of anilines is 1. The normalized spacial score (nSPS) is 13.9. The van der Waals surface area contributed by atoms with E-state index in [1.165, 1.54) is 12.8 Å². The Labute approximate surface area is 143 Å². The van der Waals surface area contributed by atoms with E-state index >= 15 is 0 Å². The number of nitrogens with zero attached hydrogens (tertiary/aromatic N) is 3. The quantitative estimate of drug-likeness (QED) is 0.747. The molecule has 0 aliphatic heterocycles. The Bertz CT molecular complexity index is 881. The van der Waals surface area contributed by atoms with Crippen LogP contribution in [0.3, 0.4) is 0 Å². The average molecular weight is 342 g/mol. The number of hydrogen-bond acceptors (Lipinski definition) is 3. The van der Waals surface area contributed by atoms with Crippen LogP contribution in [-0.4, -0.2) is 25.9 Å². The number of hydrogen-bond donors (Lipinski definition) is 2. The number of halogens is 1. The van der Waals surface area contributed by atoms with Gasteiger partial charge in [0.1, 0.15) is 0 Å². The van der Waals surface area contributed by atoms with Crippen molar-refractivity contribution in [3.63, 3.8) is 0 Å². The number of nitrogens with one attached hydrogen (secondary N) is 2. The highest BCUT2D eigenvalue weighted by atomic mass is 35.5. The zero-order valence-electron chi connectivity index (χ0n) is 12.9. The minimum absolute atomic E-state index is 0.116. The lowest BCUT2D eigenvalue weighted by Crippen LogP contribution is -2.14. The van der Waals surface area contributed by atoms with Crippen molar-refractivity contribution in [3.8, 4) is 5.69 Å². The molecule has 0 saturated heterocycles. The molecule has 2 heterocycles. The third-order valence-electron chi connectivity index (χ3n) is 3.96. The van der Waals surface area contributed by atoms with Gasteiger partial charge in [-0.05, 0) is 36.6 Å². The predicted molar refractivity (Wildman–Crippen MR) is 91.5 cm³/mol. The van der Waals surface area contributed by atoms with Crippen molar-refractivity contribution >= 4 is 23.3 Å². The third kappa shape index (κ3) is 3.33. The first-order valence-electron chi connectivity index (χ1n) is 7.82. The van der Waals surface area contributed by atoms with Crippen molar-refractivity contribution in [1.82, 2.24) is 20.0 Å². The van der Waals surface area contributed by atoms with Crippen molar-refractivity contribution in [1.29, 1.82) is 0 Å². The molecule has 122 valence electrons. The fourth-order valence-electron chi connectivity index (χ4n) is 2.59. The molecule has 1 amide bonds. The molecule has 1 aliphatic carbocycles. The number of amides is 1. The molecule has 1 fully saturated rings. The van der Waals surface area contributed by atoms with Crippen LogP contribution < -0.4 is 5.32 Å². The van der Waals surface area contributed by atoms with Crippen LogP contribution >= 0.6 is 11.6 Å². The van der Waals surface area contributed by atoms with Crippen LogP contribution in [0, 0.1) is 0 Å². The highest BCUT2D eigenvalue weighted by molar-refractivity contribution is 6.30. The Balaban J connectivity index is 1.40. The van der Waals surface area contributed by atoms with Crippen LogP contribution in [0.15, 0.2) is 42.7 Å². The first kappa shape index (κ1) is 15.0. The maximum atomic E-state index is 12.2. The van der Waals surface area contributed by atoms with E-state index < -0.39 is 0 Å². The van der Waals surface area contributed by atoms with E-state index in [0.717, 1.165) is 16.9 Å². The second-order valence-electron chi connectivity index (χ2n) is 5.98. The number of aromatic nitrogens is 4. The summed E-state index contributed by atoms with van der Waals surface area (Å²) in [5.74, 6) is 1.04. The molecular formula is C17H16ClN5O. The first-order chi connectivity index (χ1) is 11.7. The minimum atomic E-state index is -0.116. The minimum Gasteiger partial charge on any atom is -0.309 e. The molecule has 0 spiro atoms. The second-order valence-corrected chi connectivity index (χ2v) is 6.42. The summed E-state index contributed by atoms with van der Waals surface area (Å²) in [5.41, 5.74) is 2.78. The van der Waals surface area contributed by atoms with Crippen LogP contribution in [-0.2, 0) is 11.2 Å². The molecule has 0 atom stereocenters. The highest BCUT2D eigenvalue weighted by Crippen LogP contribution is 2.39. The fourth-order valence-corrected chi connectivity index (χ4v) is 2.77. The maximum absolute atomic E-state index is 12.2. The second kappa shape index (κ2) is 6.13. The Kier molecular flexibility index (Phi) is 3.82. The molecule has 2 aromatic heterocycles. The molecule has 2 N–H and O–H groups in total. The van der Waals surface area contributed by atoms with Gasteiger partial charge < -0.3 is 5.32 Å². The molecule has 7 heteroatoms. The largest absolute Gasteiger partial charge is 0.309 e. The maximum Gasteiger partial charge on any atom is 0.230 e. The summed E-state index contributed by atoms with van der Waals surface area (Å²) in [6.45, 7) is 0. The lowest BCUT2D eigenvalue weighted by Gasteiger charge is -2.01. The summed E-state index contributed by atoms with van der Waals surface area (Å²) in [4.78, 5) is 12.2. The van der Waals surface area contributed by atoms with Gasteiger partial charge in [-0.2, -0.15) is 10.2 Å². The van der Waals surface area contributed by atoms with Gasteiger partial charge in [-0.3, -0.25) is 9.89 Å². The summed E-state index contributed by atoms with van der Waals surface area (Å²) in [6.07, 6.45) is 6.13.